The van der Waals surface area contributed by atoms with Gasteiger partial charge in [0.25, 0.3) is 5.91 Å². The van der Waals surface area contributed by atoms with Crippen LogP contribution in [0.5, 0.6) is 0 Å². The van der Waals surface area contributed by atoms with Crippen LogP contribution >= 0.6 is 11.3 Å². The van der Waals surface area contributed by atoms with E-state index in [-0.39, 0.29) is 11.7 Å². The Labute approximate surface area is 225 Å². The highest BCUT2D eigenvalue weighted by atomic mass is 32.1. The summed E-state index contributed by atoms with van der Waals surface area (Å²) in [4.78, 5) is 18.3. The van der Waals surface area contributed by atoms with Gasteiger partial charge >= 0.3 is 0 Å². The molecule has 0 aliphatic carbocycles. The van der Waals surface area contributed by atoms with Crippen molar-refractivity contribution in [3.63, 3.8) is 0 Å². The van der Waals surface area contributed by atoms with Crippen molar-refractivity contribution in [1.82, 2.24) is 4.98 Å². The first-order valence-corrected chi connectivity index (χ1v) is 13.1. The summed E-state index contributed by atoms with van der Waals surface area (Å²) in [6.45, 7) is 6.31. The third-order valence-corrected chi connectivity index (χ3v) is 7.51. The summed E-state index contributed by atoms with van der Waals surface area (Å²) in [6.07, 6.45) is 0. The number of carbonyl (C=O) groups is 1. The molecular formula is C31H27N5OS. The van der Waals surface area contributed by atoms with E-state index in [1.165, 1.54) is 16.9 Å². The first-order chi connectivity index (χ1) is 18.4. The van der Waals surface area contributed by atoms with Crippen LogP contribution in [-0.4, -0.2) is 10.9 Å². The van der Waals surface area contributed by atoms with Crippen LogP contribution in [-0.2, 0) is 0 Å². The van der Waals surface area contributed by atoms with Gasteiger partial charge in [-0.3, -0.25) is 4.79 Å². The van der Waals surface area contributed by atoms with E-state index in [0.717, 1.165) is 21.5 Å². The highest BCUT2D eigenvalue weighted by Gasteiger charge is 2.26. The van der Waals surface area contributed by atoms with Crippen molar-refractivity contribution >= 4 is 49.7 Å². The third kappa shape index (κ3) is 4.82. The molecular weight excluding hydrogens is 490 g/mol. The van der Waals surface area contributed by atoms with Gasteiger partial charge in [-0.25, -0.2) is 4.98 Å². The van der Waals surface area contributed by atoms with E-state index in [9.17, 15) is 10.1 Å². The molecule has 5 aromatic rings. The Kier molecular flexibility index (Phi) is 6.82. The molecule has 1 amide bonds. The number of hydrogen-bond acceptors (Lipinski definition) is 6. The molecule has 3 aromatic carbocycles. The molecule has 0 saturated heterocycles. The highest BCUT2D eigenvalue weighted by molar-refractivity contribution is 7.24. The van der Waals surface area contributed by atoms with Gasteiger partial charge in [0.15, 0.2) is 0 Å². The van der Waals surface area contributed by atoms with Crippen LogP contribution in [0.25, 0.3) is 21.3 Å². The maximum absolute atomic E-state index is 13.7. The maximum atomic E-state index is 13.7. The van der Waals surface area contributed by atoms with Gasteiger partial charge in [-0.15, -0.1) is 11.3 Å². The number of nitrogen functional groups attached to an aromatic ring is 1. The van der Waals surface area contributed by atoms with E-state index in [1.807, 2.05) is 73.7 Å². The van der Waals surface area contributed by atoms with Gasteiger partial charge in [0.1, 0.15) is 28.0 Å². The second kappa shape index (κ2) is 10.4. The summed E-state index contributed by atoms with van der Waals surface area (Å²) >= 11 is 1.39. The first-order valence-electron chi connectivity index (χ1n) is 12.3. The van der Waals surface area contributed by atoms with Crippen molar-refractivity contribution in [2.24, 2.45) is 0 Å². The standard InChI is InChI=1S/C31H27N5OS/c1-18(2)20-13-15-23(16-14-20)35-31-26(30(37)34-22-7-5-4-6-8-22)27-28(38-31)25(24(17-32)29(33)36-27)21-11-9-19(3)10-12-21/h4-16,18,35H,1-3H3,(H2,33,36)(H,34,37). The van der Waals surface area contributed by atoms with Crippen LogP contribution in [0.15, 0.2) is 78.9 Å². The number of nitrogens with one attached hydrogen (secondary N) is 2. The molecule has 2 aromatic heterocycles. The fraction of sp³-hybridized carbons (Fsp3) is 0.129. The number of carbonyl (C=O) groups excluding carboxylic acids is 1. The number of anilines is 4. The van der Waals surface area contributed by atoms with Crippen molar-refractivity contribution in [3.8, 4) is 17.2 Å². The Hall–Kier alpha value is -4.67. The van der Waals surface area contributed by atoms with Crippen molar-refractivity contribution in [2.75, 3.05) is 16.4 Å². The second-order valence-corrected chi connectivity index (χ2v) is 10.5. The summed E-state index contributed by atoms with van der Waals surface area (Å²) in [5, 5.41) is 17.0. The van der Waals surface area contributed by atoms with Crippen molar-refractivity contribution in [3.05, 3.63) is 101 Å². The molecule has 0 bridgehead atoms. The lowest BCUT2D eigenvalue weighted by Gasteiger charge is -2.11. The summed E-state index contributed by atoms with van der Waals surface area (Å²) in [5.74, 6) is 0.194. The molecule has 0 atom stereocenters. The van der Waals surface area contributed by atoms with Gasteiger partial charge in [-0.05, 0) is 48.2 Å². The minimum Gasteiger partial charge on any atom is -0.383 e. The van der Waals surface area contributed by atoms with Crippen molar-refractivity contribution in [1.29, 1.82) is 5.26 Å². The SMILES string of the molecule is Cc1ccc(-c2c(C#N)c(N)nc3c(C(=O)Nc4ccccc4)c(Nc4ccc(C(C)C)cc4)sc23)cc1. The average Bonchev–Trinajstić information content (AvgIpc) is 3.26. The highest BCUT2D eigenvalue weighted by Crippen LogP contribution is 2.44. The maximum Gasteiger partial charge on any atom is 0.260 e. The van der Waals surface area contributed by atoms with E-state index in [0.29, 0.717) is 38.8 Å². The molecule has 0 radical (unpaired) electrons. The van der Waals surface area contributed by atoms with E-state index in [4.69, 9.17) is 5.73 Å². The average molecular weight is 518 g/mol. The zero-order valence-electron chi connectivity index (χ0n) is 21.4. The molecule has 6 nitrogen and oxygen atoms in total. The Morgan fingerprint density at radius 2 is 1.66 bits per heavy atom. The lowest BCUT2D eigenvalue weighted by atomic mass is 9.99. The van der Waals surface area contributed by atoms with Crippen LogP contribution in [0.4, 0.5) is 22.2 Å². The Morgan fingerprint density at radius 3 is 2.29 bits per heavy atom. The number of amides is 1. The van der Waals surface area contributed by atoms with E-state index in [1.54, 1.807) is 0 Å². The number of nitrogens with two attached hydrogens (primary N) is 1. The number of pyridine rings is 1. The Morgan fingerprint density at radius 1 is 0.974 bits per heavy atom. The van der Waals surface area contributed by atoms with Crippen LogP contribution in [0.2, 0.25) is 0 Å². The summed E-state index contributed by atoms with van der Waals surface area (Å²) < 4.78 is 0.721. The summed E-state index contributed by atoms with van der Waals surface area (Å²) in [5.41, 5.74) is 12.8. The number of thiophene rings is 1. The van der Waals surface area contributed by atoms with E-state index < -0.39 is 0 Å². The number of aromatic nitrogens is 1. The molecule has 0 spiro atoms. The number of benzene rings is 3. The van der Waals surface area contributed by atoms with Crippen molar-refractivity contribution in [2.45, 2.75) is 26.7 Å². The van der Waals surface area contributed by atoms with Crippen LogP contribution in [0, 0.1) is 18.3 Å². The van der Waals surface area contributed by atoms with E-state index in [2.05, 4.69) is 47.7 Å². The fourth-order valence-corrected chi connectivity index (χ4v) is 5.55. The number of fused-ring (bicyclic) bond motifs is 1. The molecule has 0 aliphatic heterocycles. The third-order valence-electron chi connectivity index (χ3n) is 6.39. The largest absolute Gasteiger partial charge is 0.383 e. The zero-order chi connectivity index (χ0) is 26.8. The van der Waals surface area contributed by atoms with Gasteiger partial charge in [0, 0.05) is 16.9 Å². The van der Waals surface area contributed by atoms with Crippen LogP contribution in [0.3, 0.4) is 0 Å². The number of hydrogen-bond donors (Lipinski definition) is 3. The monoisotopic (exact) mass is 517 g/mol. The number of nitrogens with zero attached hydrogens (tertiary/aromatic N) is 2. The molecule has 0 unspecified atom stereocenters. The number of aryl methyl sites for hydroxylation is 1. The number of nitriles is 1. The summed E-state index contributed by atoms with van der Waals surface area (Å²) in [7, 11) is 0. The van der Waals surface area contributed by atoms with Gasteiger partial charge in [-0.2, -0.15) is 5.26 Å². The summed E-state index contributed by atoms with van der Waals surface area (Å²) in [6, 6.07) is 27.6. The minimum absolute atomic E-state index is 0.0926. The topological polar surface area (TPSA) is 104 Å². The van der Waals surface area contributed by atoms with Gasteiger partial charge in [0.2, 0.25) is 0 Å². The predicted molar refractivity (Wildman–Crippen MR) is 157 cm³/mol. The molecule has 0 saturated carbocycles. The molecule has 4 N–H and O–H groups in total. The Bertz CT molecular complexity index is 1670. The number of para-hydroxylation sites is 1. The Balaban J connectivity index is 1.72. The fourth-order valence-electron chi connectivity index (χ4n) is 4.32. The molecule has 7 heteroatoms. The molecule has 38 heavy (non-hydrogen) atoms. The van der Waals surface area contributed by atoms with E-state index >= 15 is 0 Å². The smallest absolute Gasteiger partial charge is 0.260 e. The quantitative estimate of drug-likeness (QED) is 0.213. The lowest BCUT2D eigenvalue weighted by Crippen LogP contribution is -2.13. The van der Waals surface area contributed by atoms with Gasteiger partial charge in [0.05, 0.1) is 10.2 Å². The first kappa shape index (κ1) is 25.0. The normalized spacial score (nSPS) is 10.9. The molecule has 0 fully saturated rings. The number of rotatable bonds is 6. The van der Waals surface area contributed by atoms with Gasteiger partial charge < -0.3 is 16.4 Å². The van der Waals surface area contributed by atoms with Gasteiger partial charge in [-0.1, -0.05) is 74.0 Å². The predicted octanol–water partition coefficient (Wildman–Crippen LogP) is 7.84. The van der Waals surface area contributed by atoms with Crippen LogP contribution in [0.1, 0.15) is 46.8 Å². The second-order valence-electron chi connectivity index (χ2n) is 9.43. The van der Waals surface area contributed by atoms with Crippen LogP contribution < -0.4 is 16.4 Å². The molecule has 188 valence electrons. The molecule has 0 aliphatic rings. The molecule has 5 rings (SSSR count). The lowest BCUT2D eigenvalue weighted by molar-refractivity contribution is 0.102. The molecule has 2 heterocycles. The minimum atomic E-state index is -0.310. The van der Waals surface area contributed by atoms with Crippen molar-refractivity contribution < 1.29 is 4.79 Å². The zero-order valence-corrected chi connectivity index (χ0v) is 22.2.